The third-order valence-corrected chi connectivity index (χ3v) is 1.68. The number of carbonyl (C=O) groups is 1. The molecule has 13 heavy (non-hydrogen) atoms. The summed E-state index contributed by atoms with van der Waals surface area (Å²) in [6, 6.07) is 0. The number of halogens is 1. The Morgan fingerprint density at radius 1 is 1.62 bits per heavy atom. The predicted octanol–water partition coefficient (Wildman–Crippen LogP) is 0.246. The Labute approximate surface area is 82.0 Å². The van der Waals surface area contributed by atoms with E-state index >= 15 is 0 Å². The molecule has 0 saturated carbocycles. The van der Waals surface area contributed by atoms with Crippen molar-refractivity contribution in [1.82, 2.24) is 10.6 Å². The summed E-state index contributed by atoms with van der Waals surface area (Å²) in [6.45, 7) is 3.55. The van der Waals surface area contributed by atoms with Crippen molar-refractivity contribution < 1.29 is 9.32 Å². The van der Waals surface area contributed by atoms with E-state index in [2.05, 4.69) is 5.16 Å². The van der Waals surface area contributed by atoms with Crippen molar-refractivity contribution in [3.05, 3.63) is 17.0 Å². The molecule has 0 aliphatic heterocycles. The Morgan fingerprint density at radius 3 is 2.62 bits per heavy atom. The Balaban J connectivity index is 0.00000144. The van der Waals surface area contributed by atoms with Gasteiger partial charge >= 0.3 is 0 Å². The number of aromatic nitrogens is 1. The molecule has 3 N–H and O–H groups in total. The van der Waals surface area contributed by atoms with E-state index in [1.165, 1.54) is 0 Å². The van der Waals surface area contributed by atoms with E-state index < -0.39 is 0 Å². The van der Waals surface area contributed by atoms with Crippen molar-refractivity contribution in [2.24, 2.45) is 5.84 Å². The van der Waals surface area contributed by atoms with Gasteiger partial charge in [-0.15, -0.1) is 12.4 Å². The van der Waals surface area contributed by atoms with Crippen LogP contribution in [-0.4, -0.2) is 11.1 Å². The van der Waals surface area contributed by atoms with Crippen LogP contribution in [0.3, 0.4) is 0 Å². The van der Waals surface area contributed by atoms with Crippen LogP contribution in [0.2, 0.25) is 0 Å². The van der Waals surface area contributed by atoms with Crippen LogP contribution in [0.4, 0.5) is 0 Å². The van der Waals surface area contributed by atoms with Crippen LogP contribution in [-0.2, 0) is 11.2 Å². The molecule has 74 valence electrons. The van der Waals surface area contributed by atoms with Crippen LogP contribution in [0.25, 0.3) is 0 Å². The van der Waals surface area contributed by atoms with Crippen molar-refractivity contribution in [2.45, 2.75) is 20.3 Å². The van der Waals surface area contributed by atoms with Crippen molar-refractivity contribution in [1.29, 1.82) is 0 Å². The highest BCUT2D eigenvalue weighted by Gasteiger charge is 2.11. The molecule has 0 spiro atoms. The van der Waals surface area contributed by atoms with E-state index in [1.807, 2.05) is 5.43 Å². The van der Waals surface area contributed by atoms with Gasteiger partial charge in [-0.05, 0) is 13.8 Å². The second-order valence-corrected chi connectivity index (χ2v) is 2.55. The minimum atomic E-state index is -0.246. The van der Waals surface area contributed by atoms with Gasteiger partial charge in [0.05, 0.1) is 12.1 Å². The summed E-state index contributed by atoms with van der Waals surface area (Å²) >= 11 is 0. The third-order valence-electron chi connectivity index (χ3n) is 1.68. The Bertz CT molecular complexity index is 278. The van der Waals surface area contributed by atoms with Gasteiger partial charge in [0.15, 0.2) is 0 Å². The van der Waals surface area contributed by atoms with Crippen LogP contribution in [0.15, 0.2) is 4.52 Å². The number of nitrogens with one attached hydrogen (secondary N) is 1. The molecule has 6 heteroatoms. The summed E-state index contributed by atoms with van der Waals surface area (Å²) in [5.74, 6) is 5.36. The van der Waals surface area contributed by atoms with Crippen LogP contribution in [0.5, 0.6) is 0 Å². The molecule has 0 fully saturated rings. The van der Waals surface area contributed by atoms with Crippen LogP contribution in [0.1, 0.15) is 17.0 Å². The zero-order valence-corrected chi connectivity index (χ0v) is 8.27. The van der Waals surface area contributed by atoms with Crippen LogP contribution >= 0.6 is 12.4 Å². The molecule has 0 aromatic carbocycles. The number of hydrogen-bond acceptors (Lipinski definition) is 4. The van der Waals surface area contributed by atoms with Crippen molar-refractivity contribution in [2.75, 3.05) is 0 Å². The van der Waals surface area contributed by atoms with Gasteiger partial charge in [-0.25, -0.2) is 5.84 Å². The molecule has 1 amide bonds. The first kappa shape index (κ1) is 11.9. The van der Waals surface area contributed by atoms with E-state index in [4.69, 9.17) is 10.4 Å². The van der Waals surface area contributed by atoms with Gasteiger partial charge in [0, 0.05) is 5.56 Å². The Morgan fingerprint density at radius 2 is 2.23 bits per heavy atom. The fourth-order valence-electron chi connectivity index (χ4n) is 0.966. The molecule has 1 rings (SSSR count). The molecule has 1 aromatic heterocycles. The zero-order chi connectivity index (χ0) is 9.14. The van der Waals surface area contributed by atoms with Crippen molar-refractivity contribution in [3.8, 4) is 0 Å². The molecule has 1 heterocycles. The monoisotopic (exact) mass is 205 g/mol. The number of amides is 1. The number of carbonyl (C=O) groups excluding carboxylic acids is 1. The number of rotatable bonds is 2. The first-order valence-electron chi connectivity index (χ1n) is 3.56. The Kier molecular flexibility index (Phi) is 4.44. The highest BCUT2D eigenvalue weighted by Crippen LogP contribution is 2.12. The maximum Gasteiger partial charge on any atom is 0.238 e. The summed E-state index contributed by atoms with van der Waals surface area (Å²) in [6.07, 6.45) is 0.220. The molecular formula is C7H12ClN3O2. The van der Waals surface area contributed by atoms with E-state index in [-0.39, 0.29) is 24.7 Å². The van der Waals surface area contributed by atoms with Gasteiger partial charge in [-0.1, -0.05) is 5.16 Å². The normalized spacial score (nSPS) is 9.15. The largest absolute Gasteiger partial charge is 0.361 e. The number of aryl methyl sites for hydroxylation is 2. The van der Waals surface area contributed by atoms with Gasteiger partial charge in [0.2, 0.25) is 5.91 Å². The maximum atomic E-state index is 10.9. The standard InChI is InChI=1S/C7H11N3O2.ClH/c1-4-6(3-7(11)9-8)5(2)12-10-4;/h3,8H2,1-2H3,(H,9,11);1H. The molecule has 5 nitrogen and oxygen atoms in total. The summed E-state index contributed by atoms with van der Waals surface area (Å²) in [7, 11) is 0. The fourth-order valence-corrected chi connectivity index (χ4v) is 0.966. The van der Waals surface area contributed by atoms with Gasteiger partial charge in [0.1, 0.15) is 5.76 Å². The summed E-state index contributed by atoms with van der Waals surface area (Å²) in [4.78, 5) is 10.9. The lowest BCUT2D eigenvalue weighted by atomic mass is 10.1. The fraction of sp³-hybridized carbons (Fsp3) is 0.429. The maximum absolute atomic E-state index is 10.9. The van der Waals surface area contributed by atoms with Crippen LogP contribution in [0, 0.1) is 13.8 Å². The first-order valence-corrected chi connectivity index (χ1v) is 3.56. The molecule has 0 aliphatic carbocycles. The lowest BCUT2D eigenvalue weighted by Gasteiger charge is -1.97. The van der Waals surface area contributed by atoms with Gasteiger partial charge in [-0.2, -0.15) is 0 Å². The summed E-state index contributed by atoms with van der Waals surface area (Å²) in [5.41, 5.74) is 3.59. The minimum Gasteiger partial charge on any atom is -0.361 e. The first-order chi connectivity index (χ1) is 5.65. The Hall–Kier alpha value is -1.07. The SMILES string of the molecule is Cc1noc(C)c1CC(=O)NN.Cl. The summed E-state index contributed by atoms with van der Waals surface area (Å²) < 4.78 is 4.87. The van der Waals surface area contributed by atoms with Crippen molar-refractivity contribution >= 4 is 18.3 Å². The summed E-state index contributed by atoms with van der Waals surface area (Å²) in [5, 5.41) is 3.71. The second kappa shape index (κ2) is 4.84. The topological polar surface area (TPSA) is 81.2 Å². The average molecular weight is 206 g/mol. The highest BCUT2D eigenvalue weighted by atomic mass is 35.5. The number of hydrogen-bond donors (Lipinski definition) is 2. The minimum absolute atomic E-state index is 0. The predicted molar refractivity (Wildman–Crippen MR) is 49.3 cm³/mol. The molecule has 0 bridgehead atoms. The van der Waals surface area contributed by atoms with E-state index in [9.17, 15) is 4.79 Å². The zero-order valence-electron chi connectivity index (χ0n) is 7.46. The molecule has 0 unspecified atom stereocenters. The lowest BCUT2D eigenvalue weighted by Crippen LogP contribution is -2.31. The second-order valence-electron chi connectivity index (χ2n) is 2.55. The molecular weight excluding hydrogens is 194 g/mol. The average Bonchev–Trinajstić information content (AvgIpc) is 2.35. The number of nitrogens with two attached hydrogens (primary N) is 1. The third kappa shape index (κ3) is 2.71. The molecule has 0 saturated heterocycles. The number of nitrogens with zero attached hydrogens (tertiary/aromatic N) is 1. The van der Waals surface area contributed by atoms with Crippen LogP contribution < -0.4 is 11.3 Å². The quantitative estimate of drug-likeness (QED) is 0.412. The highest BCUT2D eigenvalue weighted by molar-refractivity contribution is 5.85. The van der Waals surface area contributed by atoms with E-state index in [0.717, 1.165) is 11.3 Å². The lowest BCUT2D eigenvalue weighted by molar-refractivity contribution is -0.120. The van der Waals surface area contributed by atoms with E-state index in [0.29, 0.717) is 5.76 Å². The molecule has 1 aromatic rings. The van der Waals surface area contributed by atoms with E-state index in [1.54, 1.807) is 13.8 Å². The van der Waals surface area contributed by atoms with Gasteiger partial charge in [-0.3, -0.25) is 10.2 Å². The number of hydrazine groups is 1. The molecule has 0 atom stereocenters. The molecule has 0 radical (unpaired) electrons. The van der Waals surface area contributed by atoms with Gasteiger partial charge in [0.25, 0.3) is 0 Å². The smallest absolute Gasteiger partial charge is 0.238 e. The van der Waals surface area contributed by atoms with Crippen molar-refractivity contribution in [3.63, 3.8) is 0 Å². The molecule has 0 aliphatic rings. The van der Waals surface area contributed by atoms with Gasteiger partial charge < -0.3 is 4.52 Å².